The third-order valence-corrected chi connectivity index (χ3v) is 7.17. The van der Waals surface area contributed by atoms with E-state index in [9.17, 15) is 9.18 Å². The zero-order chi connectivity index (χ0) is 24.7. The molecule has 1 N–H and O–H groups in total. The number of ether oxygens (including phenoxy) is 1. The number of rotatable bonds is 9. The van der Waals surface area contributed by atoms with Crippen LogP contribution in [0.15, 0.2) is 72.0 Å². The summed E-state index contributed by atoms with van der Waals surface area (Å²) < 4.78 is 20.7. The molecule has 0 unspecified atom stereocenters. The number of imidazole rings is 1. The van der Waals surface area contributed by atoms with Gasteiger partial charge < -0.3 is 10.1 Å². The number of hydrogen-bond donors (Lipinski definition) is 1. The molecular weight excluding hydrogens is 477 g/mol. The third kappa shape index (κ3) is 6.10. The first-order chi connectivity index (χ1) is 17.7. The lowest BCUT2D eigenvalue weighted by Crippen LogP contribution is -2.41. The van der Waals surface area contributed by atoms with E-state index in [1.807, 2.05) is 36.4 Å². The Balaban J connectivity index is 1.24. The van der Waals surface area contributed by atoms with Crippen LogP contribution in [-0.4, -0.2) is 64.7 Å². The molecule has 186 valence electrons. The lowest BCUT2D eigenvalue weighted by molar-refractivity contribution is 0.0383. The Bertz CT molecular complexity index is 1300. The standard InChI is InChI=1S/C27H28FN5O2S/c28-23-9-5-21(6-10-23)19-36-27-31-24-2-1-11-29-25(24)33(27)18-20-3-7-22(8-4-20)26(34)30-12-13-32-14-16-35-17-15-32/h1-11H,12-19H2,(H,30,34). The predicted octanol–water partition coefficient (Wildman–Crippen LogP) is 3.97. The van der Waals surface area contributed by atoms with Gasteiger partial charge in [-0.05, 0) is 47.5 Å². The Morgan fingerprint density at radius 1 is 1.03 bits per heavy atom. The van der Waals surface area contributed by atoms with E-state index < -0.39 is 0 Å². The van der Waals surface area contributed by atoms with Crippen molar-refractivity contribution in [1.82, 2.24) is 24.8 Å². The van der Waals surface area contributed by atoms with E-state index in [2.05, 4.69) is 19.8 Å². The van der Waals surface area contributed by atoms with Gasteiger partial charge >= 0.3 is 0 Å². The van der Waals surface area contributed by atoms with Gasteiger partial charge in [-0.3, -0.25) is 14.3 Å². The fourth-order valence-corrected chi connectivity index (χ4v) is 5.08. The van der Waals surface area contributed by atoms with Crippen molar-refractivity contribution >= 4 is 28.8 Å². The predicted molar refractivity (Wildman–Crippen MR) is 139 cm³/mol. The number of fused-ring (bicyclic) bond motifs is 1. The van der Waals surface area contributed by atoms with E-state index in [1.165, 1.54) is 12.1 Å². The number of carbonyl (C=O) groups excluding carboxylic acids is 1. The van der Waals surface area contributed by atoms with Gasteiger partial charge in [-0.15, -0.1) is 0 Å². The van der Waals surface area contributed by atoms with Gasteiger partial charge in [-0.2, -0.15) is 0 Å². The highest BCUT2D eigenvalue weighted by Gasteiger charge is 2.14. The average molecular weight is 506 g/mol. The summed E-state index contributed by atoms with van der Waals surface area (Å²) >= 11 is 1.59. The summed E-state index contributed by atoms with van der Waals surface area (Å²) in [7, 11) is 0. The molecule has 2 aromatic heterocycles. The summed E-state index contributed by atoms with van der Waals surface area (Å²) in [5.74, 6) is 0.363. The smallest absolute Gasteiger partial charge is 0.251 e. The zero-order valence-electron chi connectivity index (χ0n) is 19.9. The minimum atomic E-state index is -0.241. The Morgan fingerprint density at radius 2 is 1.78 bits per heavy atom. The van der Waals surface area contributed by atoms with E-state index in [1.54, 1.807) is 30.1 Å². The van der Waals surface area contributed by atoms with E-state index in [4.69, 9.17) is 9.72 Å². The van der Waals surface area contributed by atoms with Crippen LogP contribution < -0.4 is 5.32 Å². The fraction of sp³-hybridized carbons (Fsp3) is 0.296. The lowest BCUT2D eigenvalue weighted by atomic mass is 10.1. The number of aromatic nitrogens is 3. The molecule has 1 aliphatic rings. The number of carbonyl (C=O) groups is 1. The van der Waals surface area contributed by atoms with Crippen LogP contribution >= 0.6 is 11.8 Å². The van der Waals surface area contributed by atoms with Crippen LogP contribution in [0, 0.1) is 5.82 Å². The SMILES string of the molecule is O=C(NCCN1CCOCC1)c1ccc(Cn2c(SCc3ccc(F)cc3)nc3cccnc32)cc1. The summed E-state index contributed by atoms with van der Waals surface area (Å²) in [5, 5.41) is 3.85. The van der Waals surface area contributed by atoms with Crippen molar-refractivity contribution in [3.8, 4) is 0 Å². The first-order valence-corrected chi connectivity index (χ1v) is 13.0. The third-order valence-electron chi connectivity index (χ3n) is 6.12. The van der Waals surface area contributed by atoms with Crippen LogP contribution in [0.1, 0.15) is 21.5 Å². The minimum Gasteiger partial charge on any atom is -0.379 e. The number of amides is 1. The number of hydrogen-bond acceptors (Lipinski definition) is 6. The van der Waals surface area contributed by atoms with Gasteiger partial charge in [0.15, 0.2) is 10.8 Å². The second kappa shape index (κ2) is 11.6. The molecule has 36 heavy (non-hydrogen) atoms. The first kappa shape index (κ1) is 24.4. The van der Waals surface area contributed by atoms with Crippen LogP contribution in [0.4, 0.5) is 4.39 Å². The molecule has 2 aromatic carbocycles. The monoisotopic (exact) mass is 505 g/mol. The van der Waals surface area contributed by atoms with Gasteiger partial charge in [0.2, 0.25) is 0 Å². The molecule has 0 aliphatic carbocycles. The summed E-state index contributed by atoms with van der Waals surface area (Å²) in [6.45, 7) is 5.35. The quantitative estimate of drug-likeness (QED) is 0.347. The maximum atomic E-state index is 13.3. The van der Waals surface area contributed by atoms with Crippen molar-refractivity contribution < 1.29 is 13.9 Å². The molecule has 3 heterocycles. The van der Waals surface area contributed by atoms with Gasteiger partial charge in [0.1, 0.15) is 11.3 Å². The van der Waals surface area contributed by atoms with Crippen molar-refractivity contribution in [2.45, 2.75) is 17.5 Å². The van der Waals surface area contributed by atoms with Gasteiger partial charge in [0, 0.05) is 43.7 Å². The molecule has 1 fully saturated rings. The van der Waals surface area contributed by atoms with Gasteiger partial charge in [0.05, 0.1) is 19.8 Å². The van der Waals surface area contributed by atoms with Crippen molar-refractivity contribution in [3.05, 3.63) is 89.4 Å². The maximum absolute atomic E-state index is 13.3. The summed E-state index contributed by atoms with van der Waals surface area (Å²) in [5.41, 5.74) is 4.35. The molecule has 0 radical (unpaired) electrons. The first-order valence-electron chi connectivity index (χ1n) is 12.0. The molecule has 1 aliphatic heterocycles. The Hall–Kier alpha value is -3.27. The molecule has 4 aromatic rings. The van der Waals surface area contributed by atoms with Crippen molar-refractivity contribution in [2.75, 3.05) is 39.4 Å². The molecule has 0 saturated carbocycles. The van der Waals surface area contributed by atoms with Gasteiger partial charge in [-0.1, -0.05) is 36.0 Å². The largest absolute Gasteiger partial charge is 0.379 e. The van der Waals surface area contributed by atoms with E-state index >= 15 is 0 Å². The fourth-order valence-electron chi connectivity index (χ4n) is 4.12. The number of nitrogens with zero attached hydrogens (tertiary/aromatic N) is 4. The molecule has 0 bridgehead atoms. The zero-order valence-corrected chi connectivity index (χ0v) is 20.7. The van der Waals surface area contributed by atoms with Gasteiger partial charge in [0.25, 0.3) is 5.91 Å². The summed E-state index contributed by atoms with van der Waals surface area (Å²) in [6.07, 6.45) is 1.76. The minimum absolute atomic E-state index is 0.0694. The van der Waals surface area contributed by atoms with Crippen LogP contribution in [0.3, 0.4) is 0 Å². The highest BCUT2D eigenvalue weighted by Crippen LogP contribution is 2.27. The Morgan fingerprint density at radius 3 is 2.56 bits per heavy atom. The van der Waals surface area contributed by atoms with Crippen LogP contribution in [-0.2, 0) is 17.0 Å². The number of halogens is 1. The van der Waals surface area contributed by atoms with Crippen molar-refractivity contribution in [3.63, 3.8) is 0 Å². The number of pyridine rings is 1. The van der Waals surface area contributed by atoms with E-state index in [0.29, 0.717) is 24.4 Å². The molecule has 9 heteroatoms. The maximum Gasteiger partial charge on any atom is 0.251 e. The molecule has 1 saturated heterocycles. The molecule has 1 amide bonds. The highest BCUT2D eigenvalue weighted by molar-refractivity contribution is 7.98. The second-order valence-electron chi connectivity index (χ2n) is 8.65. The highest BCUT2D eigenvalue weighted by atomic mass is 32.2. The van der Waals surface area contributed by atoms with E-state index in [-0.39, 0.29) is 11.7 Å². The van der Waals surface area contributed by atoms with Crippen LogP contribution in [0.5, 0.6) is 0 Å². The second-order valence-corrected chi connectivity index (χ2v) is 9.59. The summed E-state index contributed by atoms with van der Waals surface area (Å²) in [6, 6.07) is 18.0. The number of nitrogens with one attached hydrogen (secondary N) is 1. The number of thioether (sulfide) groups is 1. The van der Waals surface area contributed by atoms with Crippen molar-refractivity contribution in [1.29, 1.82) is 0 Å². The molecular formula is C27H28FN5O2S. The van der Waals surface area contributed by atoms with Gasteiger partial charge in [-0.25, -0.2) is 14.4 Å². The lowest BCUT2D eigenvalue weighted by Gasteiger charge is -2.26. The van der Waals surface area contributed by atoms with Crippen LogP contribution in [0.25, 0.3) is 11.2 Å². The number of benzene rings is 2. The number of morpholine rings is 1. The molecule has 0 atom stereocenters. The Labute approximate surface area is 213 Å². The van der Waals surface area contributed by atoms with Crippen LogP contribution in [0.2, 0.25) is 0 Å². The normalized spacial score (nSPS) is 14.2. The topological polar surface area (TPSA) is 72.3 Å². The molecule has 0 spiro atoms. The molecule has 5 rings (SSSR count). The average Bonchev–Trinajstić information content (AvgIpc) is 3.26. The van der Waals surface area contributed by atoms with Crippen molar-refractivity contribution in [2.24, 2.45) is 0 Å². The molecule has 7 nitrogen and oxygen atoms in total. The summed E-state index contributed by atoms with van der Waals surface area (Å²) in [4.78, 5) is 24.2. The van der Waals surface area contributed by atoms with E-state index in [0.717, 1.165) is 60.3 Å². The Kier molecular flexibility index (Phi) is 7.90.